The Morgan fingerprint density at radius 1 is 1.03 bits per heavy atom. The zero-order valence-electron chi connectivity index (χ0n) is 16.5. The average Bonchev–Trinajstić information content (AvgIpc) is 3.11. The van der Waals surface area contributed by atoms with E-state index in [-0.39, 0.29) is 12.3 Å². The highest BCUT2D eigenvalue weighted by atomic mass is 19.1. The quantitative estimate of drug-likeness (QED) is 0.702. The number of amides is 1. The minimum Gasteiger partial charge on any atom is -0.364 e. The van der Waals surface area contributed by atoms with Crippen LogP contribution in [0.25, 0.3) is 0 Å². The van der Waals surface area contributed by atoms with Gasteiger partial charge in [0.15, 0.2) is 0 Å². The number of nitrogens with one attached hydrogen (secondary N) is 1. The Kier molecular flexibility index (Phi) is 5.09. The third-order valence-electron chi connectivity index (χ3n) is 5.32. The first-order valence-electron chi connectivity index (χ1n) is 9.64. The van der Waals surface area contributed by atoms with Crippen molar-refractivity contribution in [3.63, 3.8) is 0 Å². The van der Waals surface area contributed by atoms with Gasteiger partial charge in [-0.2, -0.15) is 0 Å². The van der Waals surface area contributed by atoms with Crippen molar-refractivity contribution in [3.05, 3.63) is 82.7 Å². The molecule has 0 atom stereocenters. The van der Waals surface area contributed by atoms with Gasteiger partial charge in [0.1, 0.15) is 11.6 Å². The SMILES string of the molecule is Cc1cc(N2CCn3cccc3C2)cc(C)c1NC(=O)Cc1cc(F)cc(F)c1. The van der Waals surface area contributed by atoms with Crippen LogP contribution in [0.5, 0.6) is 0 Å². The van der Waals surface area contributed by atoms with Gasteiger partial charge in [0.25, 0.3) is 0 Å². The zero-order chi connectivity index (χ0) is 20.5. The van der Waals surface area contributed by atoms with Crippen LogP contribution in [0.3, 0.4) is 0 Å². The molecule has 1 aliphatic rings. The van der Waals surface area contributed by atoms with E-state index in [4.69, 9.17) is 0 Å². The summed E-state index contributed by atoms with van der Waals surface area (Å²) >= 11 is 0. The predicted octanol–water partition coefficient (Wildman–Crippen LogP) is 4.58. The minimum absolute atomic E-state index is 0.0849. The maximum atomic E-state index is 13.3. The van der Waals surface area contributed by atoms with Gasteiger partial charge in [-0.15, -0.1) is 0 Å². The first kappa shape index (κ1) is 19.2. The number of aryl methyl sites for hydroxylation is 2. The van der Waals surface area contributed by atoms with Crippen molar-refractivity contribution in [2.45, 2.75) is 33.4 Å². The molecule has 1 aliphatic heterocycles. The molecule has 3 aromatic rings. The van der Waals surface area contributed by atoms with Crippen molar-refractivity contribution in [1.82, 2.24) is 4.57 Å². The van der Waals surface area contributed by atoms with Crippen LogP contribution >= 0.6 is 0 Å². The molecule has 4 nitrogen and oxygen atoms in total. The van der Waals surface area contributed by atoms with Crippen LogP contribution in [0.1, 0.15) is 22.4 Å². The van der Waals surface area contributed by atoms with E-state index in [0.29, 0.717) is 5.56 Å². The van der Waals surface area contributed by atoms with E-state index in [1.54, 1.807) is 0 Å². The second kappa shape index (κ2) is 7.70. The third kappa shape index (κ3) is 4.16. The number of halogens is 2. The molecule has 0 saturated heterocycles. The standard InChI is InChI=1S/C23H23F2N3O/c1-15-8-21(28-7-6-27-5-3-4-20(27)14-28)9-16(2)23(15)26-22(29)12-17-10-18(24)13-19(25)11-17/h3-5,8-11,13H,6-7,12,14H2,1-2H3,(H,26,29). The highest BCUT2D eigenvalue weighted by Crippen LogP contribution is 2.29. The van der Waals surface area contributed by atoms with Gasteiger partial charge in [-0.25, -0.2) is 8.78 Å². The van der Waals surface area contributed by atoms with Gasteiger partial charge >= 0.3 is 0 Å². The molecule has 0 spiro atoms. The van der Waals surface area contributed by atoms with Crippen molar-refractivity contribution in [3.8, 4) is 0 Å². The van der Waals surface area contributed by atoms with Crippen molar-refractivity contribution < 1.29 is 13.6 Å². The van der Waals surface area contributed by atoms with E-state index >= 15 is 0 Å². The van der Waals surface area contributed by atoms with Crippen molar-refractivity contribution in [1.29, 1.82) is 0 Å². The molecule has 0 aliphatic carbocycles. The van der Waals surface area contributed by atoms with E-state index in [0.717, 1.165) is 48.2 Å². The van der Waals surface area contributed by atoms with Crippen LogP contribution in [0.2, 0.25) is 0 Å². The summed E-state index contributed by atoms with van der Waals surface area (Å²) < 4.78 is 29.0. The Labute approximate surface area is 168 Å². The molecule has 150 valence electrons. The molecule has 0 fully saturated rings. The van der Waals surface area contributed by atoms with Crippen LogP contribution in [-0.2, 0) is 24.3 Å². The second-order valence-electron chi connectivity index (χ2n) is 7.57. The number of hydrogen-bond acceptors (Lipinski definition) is 2. The van der Waals surface area contributed by atoms with Gasteiger partial charge < -0.3 is 14.8 Å². The lowest BCUT2D eigenvalue weighted by molar-refractivity contribution is -0.115. The number of benzene rings is 2. The number of hydrogen-bond donors (Lipinski definition) is 1. The Morgan fingerprint density at radius 2 is 1.72 bits per heavy atom. The van der Waals surface area contributed by atoms with Crippen LogP contribution in [-0.4, -0.2) is 17.0 Å². The minimum atomic E-state index is -0.683. The fourth-order valence-electron chi connectivity index (χ4n) is 3.94. The summed E-state index contributed by atoms with van der Waals surface area (Å²) in [7, 11) is 0. The second-order valence-corrected chi connectivity index (χ2v) is 7.57. The van der Waals surface area contributed by atoms with E-state index in [1.807, 2.05) is 13.8 Å². The Bertz CT molecular complexity index is 1030. The number of anilines is 2. The molecule has 4 rings (SSSR count). The topological polar surface area (TPSA) is 37.3 Å². The van der Waals surface area contributed by atoms with E-state index in [2.05, 4.69) is 45.2 Å². The third-order valence-corrected chi connectivity index (χ3v) is 5.32. The fourth-order valence-corrected chi connectivity index (χ4v) is 3.94. The Balaban J connectivity index is 1.49. The Morgan fingerprint density at radius 3 is 2.41 bits per heavy atom. The summed E-state index contributed by atoms with van der Waals surface area (Å²) in [5.41, 5.74) is 5.38. The van der Waals surface area contributed by atoms with E-state index < -0.39 is 11.6 Å². The van der Waals surface area contributed by atoms with Crippen LogP contribution in [0.15, 0.2) is 48.7 Å². The summed E-state index contributed by atoms with van der Waals surface area (Å²) in [6.45, 7) is 6.64. The number of carbonyl (C=O) groups is 1. The number of nitrogens with zero attached hydrogens (tertiary/aromatic N) is 2. The molecule has 2 aromatic carbocycles. The van der Waals surface area contributed by atoms with E-state index in [1.165, 1.54) is 17.8 Å². The molecule has 29 heavy (non-hydrogen) atoms. The van der Waals surface area contributed by atoms with Crippen molar-refractivity contribution in [2.24, 2.45) is 0 Å². The van der Waals surface area contributed by atoms with Crippen LogP contribution in [0, 0.1) is 25.5 Å². The molecule has 1 aromatic heterocycles. The molecule has 1 amide bonds. The fraction of sp³-hybridized carbons (Fsp3) is 0.261. The summed E-state index contributed by atoms with van der Waals surface area (Å²) in [4.78, 5) is 14.8. The van der Waals surface area contributed by atoms with Gasteiger partial charge in [0.2, 0.25) is 5.91 Å². The van der Waals surface area contributed by atoms with Crippen LogP contribution in [0.4, 0.5) is 20.2 Å². The molecular weight excluding hydrogens is 372 g/mol. The smallest absolute Gasteiger partial charge is 0.228 e. The van der Waals surface area contributed by atoms with E-state index in [9.17, 15) is 13.6 Å². The predicted molar refractivity (Wildman–Crippen MR) is 110 cm³/mol. The normalized spacial score (nSPS) is 13.3. The summed E-state index contributed by atoms with van der Waals surface area (Å²) in [6.07, 6.45) is 2.02. The lowest BCUT2D eigenvalue weighted by Gasteiger charge is -2.31. The molecule has 0 bridgehead atoms. The van der Waals surface area contributed by atoms with Gasteiger partial charge in [-0.3, -0.25) is 4.79 Å². The number of rotatable bonds is 4. The van der Waals surface area contributed by atoms with Gasteiger partial charge in [0, 0.05) is 42.4 Å². The summed E-state index contributed by atoms with van der Waals surface area (Å²) in [5, 5.41) is 2.90. The molecule has 6 heteroatoms. The van der Waals surface area contributed by atoms with Crippen LogP contribution < -0.4 is 10.2 Å². The maximum absolute atomic E-state index is 13.3. The molecule has 0 radical (unpaired) electrons. The highest BCUT2D eigenvalue weighted by Gasteiger charge is 2.18. The zero-order valence-corrected chi connectivity index (χ0v) is 16.5. The maximum Gasteiger partial charge on any atom is 0.228 e. The Hall–Kier alpha value is -3.15. The first-order valence-corrected chi connectivity index (χ1v) is 9.64. The molecule has 0 saturated carbocycles. The average molecular weight is 395 g/mol. The van der Waals surface area contributed by atoms with Gasteiger partial charge in [-0.1, -0.05) is 0 Å². The highest BCUT2D eigenvalue weighted by molar-refractivity contribution is 5.94. The van der Waals surface area contributed by atoms with Crippen molar-refractivity contribution >= 4 is 17.3 Å². The largest absolute Gasteiger partial charge is 0.364 e. The van der Waals surface area contributed by atoms with Gasteiger partial charge in [-0.05, 0) is 66.9 Å². The summed E-state index contributed by atoms with van der Waals surface area (Å²) in [5.74, 6) is -1.67. The van der Waals surface area contributed by atoms with Gasteiger partial charge in [0.05, 0.1) is 13.0 Å². The molecular formula is C23H23F2N3O. The lowest BCUT2D eigenvalue weighted by Crippen LogP contribution is -2.33. The number of fused-ring (bicyclic) bond motifs is 1. The molecule has 1 N–H and O–H groups in total. The monoisotopic (exact) mass is 395 g/mol. The number of aromatic nitrogens is 1. The first-order chi connectivity index (χ1) is 13.9. The van der Waals surface area contributed by atoms with Crippen molar-refractivity contribution in [2.75, 3.05) is 16.8 Å². The number of carbonyl (C=O) groups excluding carboxylic acids is 1. The lowest BCUT2D eigenvalue weighted by atomic mass is 10.1. The summed E-state index contributed by atoms with van der Waals surface area (Å²) in [6, 6.07) is 11.5. The molecule has 2 heterocycles. The molecule has 0 unspecified atom stereocenters.